The number of hydrogen-bond donors (Lipinski definition) is 1. The number of para-hydroxylation sites is 1. The van der Waals surface area contributed by atoms with Crippen molar-refractivity contribution in [3.63, 3.8) is 0 Å². The molecule has 0 atom stereocenters. The van der Waals surface area contributed by atoms with Crippen LogP contribution in [-0.2, 0) is 4.79 Å². The summed E-state index contributed by atoms with van der Waals surface area (Å²) in [6, 6.07) is 9.36. The Labute approximate surface area is 95.0 Å². The molecule has 4 nitrogen and oxygen atoms in total. The molecule has 2 rings (SSSR count). The van der Waals surface area contributed by atoms with Gasteiger partial charge in [0, 0.05) is 19.0 Å². The van der Waals surface area contributed by atoms with Gasteiger partial charge in [-0.1, -0.05) is 18.2 Å². The van der Waals surface area contributed by atoms with Gasteiger partial charge in [0.15, 0.2) is 6.61 Å². The maximum absolute atomic E-state index is 11.6. The highest BCUT2D eigenvalue weighted by molar-refractivity contribution is 5.78. The maximum atomic E-state index is 11.6. The topological polar surface area (TPSA) is 55.6 Å². The average Bonchev–Trinajstić information content (AvgIpc) is 2.26. The molecule has 86 valence electrons. The van der Waals surface area contributed by atoms with E-state index in [1.165, 1.54) is 0 Å². The van der Waals surface area contributed by atoms with E-state index in [4.69, 9.17) is 10.5 Å². The predicted octanol–water partition coefficient (Wildman–Crippen LogP) is 0.482. The van der Waals surface area contributed by atoms with E-state index in [-0.39, 0.29) is 12.5 Å². The first-order valence-corrected chi connectivity index (χ1v) is 5.45. The van der Waals surface area contributed by atoms with Gasteiger partial charge in [-0.25, -0.2) is 0 Å². The second-order valence-corrected chi connectivity index (χ2v) is 4.00. The Kier molecular flexibility index (Phi) is 3.41. The lowest BCUT2D eigenvalue weighted by Gasteiger charge is -2.38. The fourth-order valence-corrected chi connectivity index (χ4v) is 1.68. The first-order valence-electron chi connectivity index (χ1n) is 5.45. The van der Waals surface area contributed by atoms with E-state index in [9.17, 15) is 4.79 Å². The lowest BCUT2D eigenvalue weighted by molar-refractivity contribution is -0.139. The van der Waals surface area contributed by atoms with Crippen LogP contribution >= 0.6 is 0 Å². The third kappa shape index (κ3) is 2.52. The number of ether oxygens (including phenoxy) is 1. The van der Waals surface area contributed by atoms with Crippen molar-refractivity contribution in [2.45, 2.75) is 0 Å². The summed E-state index contributed by atoms with van der Waals surface area (Å²) >= 11 is 0. The molecule has 1 aromatic rings. The molecule has 4 heteroatoms. The van der Waals surface area contributed by atoms with Crippen molar-refractivity contribution in [2.24, 2.45) is 11.7 Å². The fraction of sp³-hybridized carbons (Fsp3) is 0.417. The van der Waals surface area contributed by atoms with Gasteiger partial charge in [0.2, 0.25) is 0 Å². The lowest BCUT2D eigenvalue weighted by atomic mass is 10.0. The predicted molar refractivity (Wildman–Crippen MR) is 61.1 cm³/mol. The standard InChI is InChI=1S/C12H16N2O2/c13-6-10-7-14(8-10)12(15)9-16-11-4-2-1-3-5-11/h1-5,10H,6-9,13H2. The van der Waals surface area contributed by atoms with Gasteiger partial charge in [0.1, 0.15) is 5.75 Å². The molecule has 0 spiro atoms. The molecule has 1 aliphatic heterocycles. The minimum absolute atomic E-state index is 0.0357. The lowest BCUT2D eigenvalue weighted by Crippen LogP contribution is -2.53. The number of benzene rings is 1. The number of carbonyl (C=O) groups excluding carboxylic acids is 1. The van der Waals surface area contributed by atoms with Crippen LogP contribution in [0.3, 0.4) is 0 Å². The quantitative estimate of drug-likeness (QED) is 0.803. The van der Waals surface area contributed by atoms with E-state index >= 15 is 0 Å². The third-order valence-corrected chi connectivity index (χ3v) is 2.75. The zero-order valence-corrected chi connectivity index (χ0v) is 9.13. The van der Waals surface area contributed by atoms with Crippen molar-refractivity contribution in [1.29, 1.82) is 0 Å². The van der Waals surface area contributed by atoms with Crippen LogP contribution in [0.1, 0.15) is 0 Å². The summed E-state index contributed by atoms with van der Waals surface area (Å²) < 4.78 is 5.37. The van der Waals surface area contributed by atoms with E-state index in [1.807, 2.05) is 30.3 Å². The monoisotopic (exact) mass is 220 g/mol. The van der Waals surface area contributed by atoms with Crippen LogP contribution in [0.5, 0.6) is 5.75 Å². The molecular weight excluding hydrogens is 204 g/mol. The molecule has 1 aromatic carbocycles. The van der Waals surface area contributed by atoms with Crippen LogP contribution in [0, 0.1) is 5.92 Å². The van der Waals surface area contributed by atoms with Gasteiger partial charge < -0.3 is 15.4 Å². The summed E-state index contributed by atoms with van der Waals surface area (Å²) in [6.07, 6.45) is 0. The minimum Gasteiger partial charge on any atom is -0.484 e. The van der Waals surface area contributed by atoms with Crippen LogP contribution in [0.15, 0.2) is 30.3 Å². The molecule has 0 aliphatic carbocycles. The normalized spacial score (nSPS) is 15.7. The first kappa shape index (κ1) is 11.0. The zero-order chi connectivity index (χ0) is 11.4. The fourth-order valence-electron chi connectivity index (χ4n) is 1.68. The molecule has 0 aromatic heterocycles. The average molecular weight is 220 g/mol. The van der Waals surface area contributed by atoms with E-state index in [0.717, 1.165) is 18.8 Å². The first-order chi connectivity index (χ1) is 7.79. The Balaban J connectivity index is 1.73. The number of nitrogens with two attached hydrogens (primary N) is 1. The SMILES string of the molecule is NCC1CN(C(=O)COc2ccccc2)C1. The van der Waals surface area contributed by atoms with Crippen molar-refractivity contribution in [3.05, 3.63) is 30.3 Å². The zero-order valence-electron chi connectivity index (χ0n) is 9.13. The molecule has 1 saturated heterocycles. The number of likely N-dealkylation sites (tertiary alicyclic amines) is 1. The smallest absolute Gasteiger partial charge is 0.260 e. The number of carbonyl (C=O) groups is 1. The van der Waals surface area contributed by atoms with E-state index in [1.54, 1.807) is 4.90 Å². The van der Waals surface area contributed by atoms with Gasteiger partial charge in [-0.3, -0.25) is 4.79 Å². The summed E-state index contributed by atoms with van der Waals surface area (Å²) in [5.74, 6) is 1.24. The summed E-state index contributed by atoms with van der Waals surface area (Å²) in [6.45, 7) is 2.31. The van der Waals surface area contributed by atoms with Gasteiger partial charge >= 0.3 is 0 Å². The summed E-state index contributed by atoms with van der Waals surface area (Å²) in [5, 5.41) is 0. The van der Waals surface area contributed by atoms with Crippen molar-refractivity contribution in [2.75, 3.05) is 26.2 Å². The summed E-state index contributed by atoms with van der Waals surface area (Å²) in [5.41, 5.74) is 5.49. The highest BCUT2D eigenvalue weighted by Crippen LogP contribution is 2.14. The number of hydrogen-bond acceptors (Lipinski definition) is 3. The van der Waals surface area contributed by atoms with Crippen LogP contribution in [0.4, 0.5) is 0 Å². The Morgan fingerprint density at radius 2 is 2.06 bits per heavy atom. The van der Waals surface area contributed by atoms with Crippen molar-refractivity contribution >= 4 is 5.91 Å². The highest BCUT2D eigenvalue weighted by atomic mass is 16.5. The van der Waals surface area contributed by atoms with Gasteiger partial charge in [-0.05, 0) is 18.7 Å². The van der Waals surface area contributed by atoms with Crippen LogP contribution in [0.25, 0.3) is 0 Å². The molecule has 0 unspecified atom stereocenters. The number of amides is 1. The maximum Gasteiger partial charge on any atom is 0.260 e. The van der Waals surface area contributed by atoms with Crippen molar-refractivity contribution < 1.29 is 9.53 Å². The van der Waals surface area contributed by atoms with Crippen LogP contribution in [-0.4, -0.2) is 37.0 Å². The Bertz CT molecular complexity index is 347. The highest BCUT2D eigenvalue weighted by Gasteiger charge is 2.29. The molecule has 0 bridgehead atoms. The molecule has 16 heavy (non-hydrogen) atoms. The van der Waals surface area contributed by atoms with E-state index < -0.39 is 0 Å². The minimum atomic E-state index is 0.0357. The largest absolute Gasteiger partial charge is 0.484 e. The molecule has 1 amide bonds. The molecule has 0 radical (unpaired) electrons. The van der Waals surface area contributed by atoms with Crippen molar-refractivity contribution in [1.82, 2.24) is 4.90 Å². The van der Waals surface area contributed by atoms with Gasteiger partial charge in [-0.15, -0.1) is 0 Å². The van der Waals surface area contributed by atoms with E-state index in [2.05, 4.69) is 0 Å². The Morgan fingerprint density at radius 1 is 1.38 bits per heavy atom. The molecular formula is C12H16N2O2. The van der Waals surface area contributed by atoms with Crippen LogP contribution < -0.4 is 10.5 Å². The summed E-state index contributed by atoms with van der Waals surface area (Å²) in [4.78, 5) is 13.4. The van der Waals surface area contributed by atoms with E-state index in [0.29, 0.717) is 12.5 Å². The summed E-state index contributed by atoms with van der Waals surface area (Å²) in [7, 11) is 0. The number of nitrogens with zero attached hydrogens (tertiary/aromatic N) is 1. The second kappa shape index (κ2) is 4.99. The van der Waals surface area contributed by atoms with Gasteiger partial charge in [-0.2, -0.15) is 0 Å². The number of rotatable bonds is 4. The molecule has 1 fully saturated rings. The van der Waals surface area contributed by atoms with Gasteiger partial charge in [0.05, 0.1) is 0 Å². The molecule has 1 aliphatic rings. The van der Waals surface area contributed by atoms with Gasteiger partial charge in [0.25, 0.3) is 5.91 Å². The molecule has 0 saturated carbocycles. The second-order valence-electron chi connectivity index (χ2n) is 4.00. The Hall–Kier alpha value is -1.55. The molecule has 1 heterocycles. The molecule has 2 N–H and O–H groups in total. The third-order valence-electron chi connectivity index (χ3n) is 2.75. The Morgan fingerprint density at radius 3 is 2.69 bits per heavy atom. The van der Waals surface area contributed by atoms with Crippen LogP contribution in [0.2, 0.25) is 0 Å². The van der Waals surface area contributed by atoms with Crippen molar-refractivity contribution in [3.8, 4) is 5.75 Å².